The summed E-state index contributed by atoms with van der Waals surface area (Å²) in [5.74, 6) is -0.306. The molecular formula is C27H38FN3O5S. The van der Waals surface area contributed by atoms with E-state index >= 15 is 0 Å². The molecule has 0 spiro atoms. The van der Waals surface area contributed by atoms with Crippen molar-refractivity contribution in [2.75, 3.05) is 30.8 Å². The Kier molecular flexibility index (Phi) is 11.4. The van der Waals surface area contributed by atoms with Crippen LogP contribution in [0.15, 0.2) is 48.5 Å². The molecule has 0 saturated heterocycles. The Morgan fingerprint density at radius 3 is 2.41 bits per heavy atom. The maximum atomic E-state index is 14.3. The lowest BCUT2D eigenvalue weighted by atomic mass is 10.1. The lowest BCUT2D eigenvalue weighted by molar-refractivity contribution is -0.141. The number of sulfonamides is 1. The number of carbonyl (C=O) groups is 2. The van der Waals surface area contributed by atoms with Crippen LogP contribution in [0.25, 0.3) is 0 Å². The molecule has 0 aliphatic carbocycles. The molecule has 0 aromatic heterocycles. The van der Waals surface area contributed by atoms with Gasteiger partial charge in [-0.3, -0.25) is 13.9 Å². The Morgan fingerprint density at radius 1 is 1.11 bits per heavy atom. The molecule has 0 fully saturated rings. The molecule has 0 aliphatic rings. The number of carbonyl (C=O) groups excluding carboxylic acids is 2. The zero-order chi connectivity index (χ0) is 27.6. The highest BCUT2D eigenvalue weighted by Gasteiger charge is 2.29. The van der Waals surface area contributed by atoms with Gasteiger partial charge in [-0.2, -0.15) is 0 Å². The molecule has 1 N–H and O–H groups in total. The quantitative estimate of drug-likeness (QED) is 0.395. The molecule has 2 amide bonds. The van der Waals surface area contributed by atoms with Gasteiger partial charge in [0.2, 0.25) is 21.8 Å². The summed E-state index contributed by atoms with van der Waals surface area (Å²) in [7, 11) is -2.22. The van der Waals surface area contributed by atoms with Crippen molar-refractivity contribution in [3.63, 3.8) is 0 Å². The summed E-state index contributed by atoms with van der Waals surface area (Å²) in [6.07, 6.45) is 1.55. The molecule has 0 radical (unpaired) electrons. The van der Waals surface area contributed by atoms with Gasteiger partial charge in [0, 0.05) is 26.1 Å². The zero-order valence-electron chi connectivity index (χ0n) is 22.2. The first-order valence-electron chi connectivity index (χ1n) is 12.4. The molecule has 0 bridgehead atoms. The fourth-order valence-electron chi connectivity index (χ4n) is 3.95. The van der Waals surface area contributed by atoms with E-state index in [1.54, 1.807) is 19.2 Å². The predicted octanol–water partition coefficient (Wildman–Crippen LogP) is 3.96. The first-order chi connectivity index (χ1) is 17.5. The average Bonchev–Trinajstić information content (AvgIpc) is 2.85. The zero-order valence-corrected chi connectivity index (χ0v) is 23.1. The van der Waals surface area contributed by atoms with E-state index in [9.17, 15) is 22.4 Å². The van der Waals surface area contributed by atoms with Crippen molar-refractivity contribution in [1.82, 2.24) is 10.2 Å². The largest absolute Gasteiger partial charge is 0.497 e. The van der Waals surface area contributed by atoms with E-state index in [-0.39, 0.29) is 49.4 Å². The molecule has 37 heavy (non-hydrogen) atoms. The third-order valence-corrected chi connectivity index (χ3v) is 7.01. The Labute approximate surface area is 219 Å². The molecule has 0 saturated carbocycles. The van der Waals surface area contributed by atoms with E-state index in [0.29, 0.717) is 18.7 Å². The molecule has 2 aromatic rings. The van der Waals surface area contributed by atoms with Gasteiger partial charge in [0.1, 0.15) is 17.6 Å². The highest BCUT2D eigenvalue weighted by atomic mass is 32.2. The summed E-state index contributed by atoms with van der Waals surface area (Å²) in [6, 6.07) is 12.2. The fraction of sp³-hybridized carbons (Fsp3) is 0.481. The standard InChI is InChI=1S/C27H38FN3O5S/c1-6-24(27(33)29-18-20(2)3)30(19-21-11-9-12-22(17-21)36-4)26(32)15-10-16-31(37(5,34)35)25-14-8-7-13-23(25)28/h7-9,11-14,17,20,24H,6,10,15-16,18-19H2,1-5H3,(H,29,33)/t24-/m1/s1. The smallest absolute Gasteiger partial charge is 0.242 e. The number of benzene rings is 2. The van der Waals surface area contributed by atoms with Crippen LogP contribution >= 0.6 is 0 Å². The number of para-hydroxylation sites is 1. The van der Waals surface area contributed by atoms with Crippen LogP contribution in [0.1, 0.15) is 45.6 Å². The lowest BCUT2D eigenvalue weighted by Gasteiger charge is -2.31. The van der Waals surface area contributed by atoms with Crippen molar-refractivity contribution in [3.05, 3.63) is 59.9 Å². The van der Waals surface area contributed by atoms with E-state index in [1.807, 2.05) is 39.0 Å². The van der Waals surface area contributed by atoms with Gasteiger partial charge in [0.25, 0.3) is 0 Å². The molecule has 2 rings (SSSR count). The van der Waals surface area contributed by atoms with Gasteiger partial charge in [-0.15, -0.1) is 0 Å². The minimum absolute atomic E-state index is 0.0155. The first kappa shape index (κ1) is 30.1. The molecule has 8 nitrogen and oxygen atoms in total. The van der Waals surface area contributed by atoms with E-state index in [4.69, 9.17) is 4.74 Å². The van der Waals surface area contributed by atoms with Crippen molar-refractivity contribution in [2.45, 2.75) is 52.6 Å². The van der Waals surface area contributed by atoms with E-state index in [2.05, 4.69) is 5.32 Å². The summed E-state index contributed by atoms with van der Waals surface area (Å²) in [5.41, 5.74) is 0.733. The molecule has 2 aromatic carbocycles. The lowest BCUT2D eigenvalue weighted by Crippen LogP contribution is -2.49. The van der Waals surface area contributed by atoms with Gasteiger partial charge in [-0.1, -0.05) is 45.0 Å². The number of amides is 2. The van der Waals surface area contributed by atoms with E-state index < -0.39 is 21.9 Å². The second-order valence-corrected chi connectivity index (χ2v) is 11.2. The van der Waals surface area contributed by atoms with Crippen LogP contribution in [-0.4, -0.2) is 57.6 Å². The van der Waals surface area contributed by atoms with E-state index in [1.165, 1.54) is 23.1 Å². The van der Waals surface area contributed by atoms with Crippen molar-refractivity contribution < 1.29 is 27.1 Å². The number of anilines is 1. The number of hydrogen-bond donors (Lipinski definition) is 1. The van der Waals surface area contributed by atoms with Crippen LogP contribution in [0.2, 0.25) is 0 Å². The monoisotopic (exact) mass is 535 g/mol. The molecular weight excluding hydrogens is 497 g/mol. The second kappa shape index (κ2) is 14.0. The Bertz CT molecular complexity index is 1160. The average molecular weight is 536 g/mol. The Hall–Kier alpha value is -3.14. The normalized spacial score (nSPS) is 12.2. The van der Waals surface area contributed by atoms with Crippen LogP contribution in [0.5, 0.6) is 5.75 Å². The highest BCUT2D eigenvalue weighted by molar-refractivity contribution is 7.92. The molecule has 0 unspecified atom stereocenters. The van der Waals surface area contributed by atoms with Crippen molar-refractivity contribution in [3.8, 4) is 5.75 Å². The van der Waals surface area contributed by atoms with Crippen LogP contribution in [0.4, 0.5) is 10.1 Å². The van der Waals surface area contributed by atoms with Crippen LogP contribution in [0, 0.1) is 11.7 Å². The number of methoxy groups -OCH3 is 1. The minimum Gasteiger partial charge on any atom is -0.497 e. The number of hydrogen-bond acceptors (Lipinski definition) is 5. The van der Waals surface area contributed by atoms with E-state index in [0.717, 1.165) is 16.1 Å². The third kappa shape index (κ3) is 9.03. The van der Waals surface area contributed by atoms with Crippen molar-refractivity contribution >= 4 is 27.5 Å². The maximum Gasteiger partial charge on any atom is 0.242 e. The maximum absolute atomic E-state index is 14.3. The summed E-state index contributed by atoms with van der Waals surface area (Å²) in [5, 5.41) is 2.91. The van der Waals surface area contributed by atoms with Gasteiger partial charge in [-0.25, -0.2) is 12.8 Å². The van der Waals surface area contributed by atoms with Crippen molar-refractivity contribution in [2.24, 2.45) is 5.92 Å². The number of ether oxygens (including phenoxy) is 1. The second-order valence-electron chi connectivity index (χ2n) is 9.33. The predicted molar refractivity (Wildman–Crippen MR) is 143 cm³/mol. The van der Waals surface area contributed by atoms with Gasteiger partial charge >= 0.3 is 0 Å². The van der Waals surface area contributed by atoms with Gasteiger partial charge in [-0.05, 0) is 48.6 Å². The molecule has 1 atom stereocenters. The van der Waals surface area contributed by atoms with Crippen molar-refractivity contribution in [1.29, 1.82) is 0 Å². The van der Waals surface area contributed by atoms with Gasteiger partial charge in [0.15, 0.2) is 0 Å². The topological polar surface area (TPSA) is 96.0 Å². The Morgan fingerprint density at radius 2 is 1.81 bits per heavy atom. The van der Waals surface area contributed by atoms with Crippen LogP contribution < -0.4 is 14.4 Å². The third-order valence-electron chi connectivity index (χ3n) is 5.83. The summed E-state index contributed by atoms with van der Waals surface area (Å²) in [6.45, 7) is 6.42. The molecule has 204 valence electrons. The summed E-state index contributed by atoms with van der Waals surface area (Å²) < 4.78 is 45.3. The first-order valence-corrected chi connectivity index (χ1v) is 14.2. The fourth-order valence-corrected chi connectivity index (χ4v) is 4.91. The SMILES string of the molecule is CC[C@H](C(=O)NCC(C)C)N(Cc1cccc(OC)c1)C(=O)CCCN(c1ccccc1F)S(C)(=O)=O. The van der Waals surface area contributed by atoms with Crippen LogP contribution in [0.3, 0.4) is 0 Å². The highest BCUT2D eigenvalue weighted by Crippen LogP contribution is 2.23. The Balaban J connectivity index is 2.24. The molecule has 10 heteroatoms. The van der Waals surface area contributed by atoms with Crippen LogP contribution in [-0.2, 0) is 26.2 Å². The minimum atomic E-state index is -3.77. The molecule has 0 aliphatic heterocycles. The summed E-state index contributed by atoms with van der Waals surface area (Å²) in [4.78, 5) is 28.0. The number of halogens is 1. The van der Waals surface area contributed by atoms with Gasteiger partial charge in [0.05, 0.1) is 19.1 Å². The number of nitrogens with one attached hydrogen (secondary N) is 1. The number of rotatable bonds is 14. The van der Waals surface area contributed by atoms with Gasteiger partial charge < -0.3 is 15.0 Å². The summed E-state index contributed by atoms with van der Waals surface area (Å²) >= 11 is 0. The number of nitrogens with zero attached hydrogens (tertiary/aromatic N) is 2. The molecule has 0 heterocycles.